The number of rotatable bonds is 4. The van der Waals surface area contributed by atoms with Gasteiger partial charge in [0.25, 0.3) is 6.43 Å². The van der Waals surface area contributed by atoms with E-state index in [0.29, 0.717) is 42.6 Å². The van der Waals surface area contributed by atoms with E-state index >= 15 is 0 Å². The number of nitrogens with zero attached hydrogens (tertiary/aromatic N) is 6. The number of ether oxygens (including phenoxy) is 1. The number of nitrogens with one attached hydrogen (secondary N) is 1. The van der Waals surface area contributed by atoms with Crippen molar-refractivity contribution in [2.24, 2.45) is 9.98 Å². The largest absolute Gasteiger partial charge is 0.380 e. The Kier molecular flexibility index (Phi) is 6.11. The van der Waals surface area contributed by atoms with Crippen LogP contribution in [0.4, 0.5) is 8.78 Å². The molecule has 4 heterocycles. The van der Waals surface area contributed by atoms with Gasteiger partial charge in [-0.15, -0.1) is 0 Å². The topological polar surface area (TPSA) is 70.3 Å². The summed E-state index contributed by atoms with van der Waals surface area (Å²) in [6.07, 6.45) is 1.49. The van der Waals surface area contributed by atoms with E-state index < -0.39 is 6.43 Å². The fourth-order valence-electron chi connectivity index (χ4n) is 4.73. The average molecular weight is 458 g/mol. The van der Waals surface area contributed by atoms with Crippen LogP contribution in [-0.2, 0) is 4.74 Å². The van der Waals surface area contributed by atoms with Gasteiger partial charge in [0.15, 0.2) is 17.8 Å². The molecule has 3 aliphatic heterocycles. The first-order valence-corrected chi connectivity index (χ1v) is 11.6. The Bertz CT molecular complexity index is 1100. The molecule has 1 N–H and O–H groups in total. The predicted octanol–water partition coefficient (Wildman–Crippen LogP) is 3.53. The summed E-state index contributed by atoms with van der Waals surface area (Å²) in [6.45, 7) is 6.97. The lowest BCUT2D eigenvalue weighted by atomic mass is 10.1. The van der Waals surface area contributed by atoms with E-state index in [4.69, 9.17) is 14.7 Å². The third-order valence-corrected chi connectivity index (χ3v) is 6.45. The van der Waals surface area contributed by atoms with Crippen molar-refractivity contribution in [2.75, 3.05) is 26.3 Å². The fraction of sp³-hybridized carbons (Fsp3) is 0.522. The second-order valence-corrected chi connectivity index (χ2v) is 8.39. The molecular weight excluding hydrogens is 428 g/mol. The van der Waals surface area contributed by atoms with Gasteiger partial charge < -0.3 is 15.1 Å². The van der Waals surface area contributed by atoms with Crippen LogP contribution in [0.15, 0.2) is 46.0 Å². The molecular formula is C23H29F2N7O. The molecule has 10 heteroatoms. The Labute approximate surface area is 191 Å². The Morgan fingerprint density at radius 1 is 1.15 bits per heavy atom. The standard InChI is InChI=1S/C23H29F2N7O/c1-3-15(4-2)32-21-16(14-26-32)20(28-23(29-21)30-10-7-12-33-13-11-30)31-18-9-6-5-8-17(18)27-22(31)19(24)25/h5-6,8-9,14-15,19,21,26H,3-4,7,10-13H2,1-2H3. The van der Waals surface area contributed by atoms with Gasteiger partial charge in [-0.1, -0.05) is 26.0 Å². The van der Waals surface area contributed by atoms with Crippen LogP contribution in [-0.4, -0.2) is 69.8 Å². The van der Waals surface area contributed by atoms with Crippen molar-refractivity contribution in [2.45, 2.75) is 51.7 Å². The normalized spacial score (nSPS) is 21.7. The first kappa shape index (κ1) is 22.0. The Morgan fingerprint density at radius 3 is 2.76 bits per heavy atom. The molecule has 0 saturated carbocycles. The van der Waals surface area contributed by atoms with Crippen molar-refractivity contribution in [3.05, 3.63) is 41.9 Å². The highest BCUT2D eigenvalue weighted by Gasteiger charge is 2.39. The molecule has 1 fully saturated rings. The molecule has 1 unspecified atom stereocenters. The van der Waals surface area contributed by atoms with E-state index in [2.05, 4.69) is 34.2 Å². The Hall–Kier alpha value is -2.85. The summed E-state index contributed by atoms with van der Waals surface area (Å²) in [5, 5.41) is 2.11. The number of alkyl halides is 2. The number of fused-ring (bicyclic) bond motifs is 2. The highest BCUT2D eigenvalue weighted by atomic mass is 19.3. The van der Waals surface area contributed by atoms with E-state index in [0.717, 1.165) is 31.4 Å². The van der Waals surface area contributed by atoms with Crippen molar-refractivity contribution >= 4 is 22.8 Å². The van der Waals surface area contributed by atoms with E-state index in [-0.39, 0.29) is 18.0 Å². The molecule has 2 aromatic rings. The molecule has 0 spiro atoms. The van der Waals surface area contributed by atoms with Crippen molar-refractivity contribution in [3.63, 3.8) is 0 Å². The third kappa shape index (κ3) is 3.91. The van der Waals surface area contributed by atoms with E-state index in [1.807, 2.05) is 12.3 Å². The van der Waals surface area contributed by atoms with Crippen LogP contribution in [0.5, 0.6) is 0 Å². The van der Waals surface area contributed by atoms with Crippen LogP contribution in [0, 0.1) is 0 Å². The van der Waals surface area contributed by atoms with Crippen LogP contribution in [0.1, 0.15) is 45.4 Å². The van der Waals surface area contributed by atoms with Crippen molar-refractivity contribution < 1.29 is 13.5 Å². The molecule has 0 amide bonds. The first-order valence-electron chi connectivity index (χ1n) is 11.6. The summed E-state index contributed by atoms with van der Waals surface area (Å²) in [5.41, 5.74) is 5.23. The number of halogens is 2. The smallest absolute Gasteiger partial charge is 0.296 e. The summed E-state index contributed by atoms with van der Waals surface area (Å²) < 4.78 is 35.4. The number of benzene rings is 1. The van der Waals surface area contributed by atoms with Gasteiger partial charge in [0.2, 0.25) is 5.96 Å². The van der Waals surface area contributed by atoms with Crippen molar-refractivity contribution in [1.82, 2.24) is 24.9 Å². The molecule has 0 aliphatic carbocycles. The van der Waals surface area contributed by atoms with Crippen LogP contribution < -0.4 is 5.43 Å². The van der Waals surface area contributed by atoms with Gasteiger partial charge in [-0.3, -0.25) is 4.57 Å². The van der Waals surface area contributed by atoms with Crippen molar-refractivity contribution in [1.29, 1.82) is 0 Å². The number of aromatic nitrogens is 2. The number of aliphatic imine (C=N–C) groups is 2. The predicted molar refractivity (Wildman–Crippen MR) is 123 cm³/mol. The van der Waals surface area contributed by atoms with Gasteiger partial charge >= 0.3 is 0 Å². The minimum absolute atomic E-state index is 0.245. The second kappa shape index (κ2) is 9.18. The van der Waals surface area contributed by atoms with Gasteiger partial charge in [0, 0.05) is 31.9 Å². The minimum atomic E-state index is -2.74. The third-order valence-electron chi connectivity index (χ3n) is 6.45. The van der Waals surface area contributed by atoms with Gasteiger partial charge in [0.05, 0.1) is 23.2 Å². The van der Waals surface area contributed by atoms with Crippen LogP contribution >= 0.6 is 0 Å². The molecule has 33 heavy (non-hydrogen) atoms. The minimum Gasteiger partial charge on any atom is -0.380 e. The lowest BCUT2D eigenvalue weighted by molar-refractivity contribution is 0.123. The SMILES string of the molecule is CCC(CC)N1NC=C2C(n3c(C(F)F)nc4ccccc43)=NC(N3CCCOCC3)=NC21. The highest BCUT2D eigenvalue weighted by molar-refractivity contribution is 6.12. The number of hydrogen-bond acceptors (Lipinski definition) is 7. The zero-order valence-corrected chi connectivity index (χ0v) is 18.9. The summed E-state index contributed by atoms with van der Waals surface area (Å²) in [6, 6.07) is 7.43. The van der Waals surface area contributed by atoms with Gasteiger partial charge in [-0.25, -0.2) is 18.8 Å². The molecule has 0 bridgehead atoms. The molecule has 0 radical (unpaired) electrons. The quantitative estimate of drug-likeness (QED) is 0.761. The highest BCUT2D eigenvalue weighted by Crippen LogP contribution is 2.32. The van der Waals surface area contributed by atoms with Gasteiger partial charge in [-0.2, -0.15) is 10.0 Å². The molecule has 1 atom stereocenters. The summed E-state index contributed by atoms with van der Waals surface area (Å²) in [4.78, 5) is 16.2. The van der Waals surface area contributed by atoms with E-state index in [1.165, 1.54) is 4.57 Å². The maximum atomic E-state index is 14.1. The zero-order chi connectivity index (χ0) is 22.9. The van der Waals surface area contributed by atoms with Crippen LogP contribution in [0.3, 0.4) is 0 Å². The molecule has 1 aromatic carbocycles. The maximum absolute atomic E-state index is 14.1. The van der Waals surface area contributed by atoms with Gasteiger partial charge in [0.1, 0.15) is 0 Å². The molecule has 3 aliphatic rings. The van der Waals surface area contributed by atoms with E-state index in [1.54, 1.807) is 18.2 Å². The second-order valence-electron chi connectivity index (χ2n) is 8.39. The number of imidazole rings is 1. The van der Waals surface area contributed by atoms with E-state index in [9.17, 15) is 8.78 Å². The first-order chi connectivity index (χ1) is 16.1. The lowest BCUT2D eigenvalue weighted by Gasteiger charge is -2.34. The molecule has 1 aromatic heterocycles. The fourth-order valence-corrected chi connectivity index (χ4v) is 4.73. The average Bonchev–Trinajstić information content (AvgIpc) is 3.31. The molecule has 8 nitrogen and oxygen atoms in total. The number of hydrazine groups is 1. The Morgan fingerprint density at radius 2 is 1.97 bits per heavy atom. The summed E-state index contributed by atoms with van der Waals surface area (Å²) in [5.74, 6) is 0.687. The molecule has 1 saturated heterocycles. The molecule has 5 rings (SSSR count). The summed E-state index contributed by atoms with van der Waals surface area (Å²) >= 11 is 0. The van der Waals surface area contributed by atoms with Crippen molar-refractivity contribution in [3.8, 4) is 0 Å². The lowest BCUT2D eigenvalue weighted by Crippen LogP contribution is -2.48. The maximum Gasteiger partial charge on any atom is 0.296 e. The zero-order valence-electron chi connectivity index (χ0n) is 18.9. The monoisotopic (exact) mass is 457 g/mol. The summed E-state index contributed by atoms with van der Waals surface area (Å²) in [7, 11) is 0. The van der Waals surface area contributed by atoms with Crippen LogP contribution in [0.2, 0.25) is 0 Å². The molecule has 176 valence electrons. The number of guanidine groups is 1. The number of hydrogen-bond donors (Lipinski definition) is 1. The van der Waals surface area contributed by atoms with Gasteiger partial charge in [-0.05, 0) is 31.4 Å². The van der Waals surface area contributed by atoms with Crippen LogP contribution in [0.25, 0.3) is 11.0 Å². The number of para-hydroxylation sites is 2. The Balaban J connectivity index is 1.66.